The molecule has 1 aromatic heterocycles. The summed E-state index contributed by atoms with van der Waals surface area (Å²) in [7, 11) is 0. The summed E-state index contributed by atoms with van der Waals surface area (Å²) in [5.41, 5.74) is 5.47. The Morgan fingerprint density at radius 2 is 1.17 bits per heavy atom. The lowest BCUT2D eigenvalue weighted by molar-refractivity contribution is 1.32. The minimum atomic E-state index is 0.625. The van der Waals surface area contributed by atoms with Gasteiger partial charge in [0.05, 0.1) is 11.4 Å². The van der Waals surface area contributed by atoms with Crippen LogP contribution in [0.4, 0.5) is 17.1 Å². The maximum atomic E-state index is 6.44. The lowest BCUT2D eigenvalue weighted by atomic mass is 9.96. The molecule has 42 heavy (non-hydrogen) atoms. The van der Waals surface area contributed by atoms with Crippen molar-refractivity contribution in [2.45, 2.75) is 0 Å². The zero-order chi connectivity index (χ0) is 28.2. The van der Waals surface area contributed by atoms with Gasteiger partial charge in [0.1, 0.15) is 0 Å². The molecular formula is C38H23Cl2NS. The first kappa shape index (κ1) is 25.4. The van der Waals surface area contributed by atoms with Crippen molar-refractivity contribution < 1.29 is 0 Å². The van der Waals surface area contributed by atoms with E-state index in [1.165, 1.54) is 30.9 Å². The minimum absolute atomic E-state index is 0.625. The molecular weight excluding hydrogens is 573 g/mol. The van der Waals surface area contributed by atoms with Crippen molar-refractivity contribution in [1.82, 2.24) is 0 Å². The van der Waals surface area contributed by atoms with Crippen LogP contribution in [-0.4, -0.2) is 0 Å². The van der Waals surface area contributed by atoms with E-state index in [1.807, 2.05) is 23.5 Å². The Labute approximate surface area is 257 Å². The van der Waals surface area contributed by atoms with Gasteiger partial charge in [0.15, 0.2) is 0 Å². The molecule has 0 atom stereocenters. The summed E-state index contributed by atoms with van der Waals surface area (Å²) in [6, 6.07) is 49.4. The smallest absolute Gasteiger partial charge is 0.0555 e. The van der Waals surface area contributed by atoms with Crippen molar-refractivity contribution in [3.8, 4) is 11.1 Å². The van der Waals surface area contributed by atoms with Gasteiger partial charge in [-0.3, -0.25) is 0 Å². The predicted octanol–water partition coefficient (Wildman–Crippen LogP) is 12.8. The first-order chi connectivity index (χ1) is 20.6. The molecule has 8 rings (SSSR count). The van der Waals surface area contributed by atoms with Crippen LogP contribution < -0.4 is 4.90 Å². The highest BCUT2D eigenvalue weighted by molar-refractivity contribution is 7.26. The first-order valence-electron chi connectivity index (χ1n) is 13.8. The maximum Gasteiger partial charge on any atom is 0.0555 e. The highest BCUT2D eigenvalue weighted by Crippen LogP contribution is 2.48. The van der Waals surface area contributed by atoms with E-state index < -0.39 is 0 Å². The summed E-state index contributed by atoms with van der Waals surface area (Å²) in [5.74, 6) is 0. The molecule has 0 amide bonds. The average molecular weight is 597 g/mol. The average Bonchev–Trinajstić information content (AvgIpc) is 3.40. The predicted molar refractivity (Wildman–Crippen MR) is 184 cm³/mol. The van der Waals surface area contributed by atoms with Crippen molar-refractivity contribution in [2.24, 2.45) is 0 Å². The Kier molecular flexibility index (Phi) is 6.15. The molecule has 7 aromatic carbocycles. The van der Waals surface area contributed by atoms with Gasteiger partial charge in [-0.25, -0.2) is 0 Å². The van der Waals surface area contributed by atoms with Crippen molar-refractivity contribution in [1.29, 1.82) is 0 Å². The second-order valence-electron chi connectivity index (χ2n) is 10.5. The molecule has 0 fully saturated rings. The van der Waals surface area contributed by atoms with E-state index in [9.17, 15) is 0 Å². The normalized spacial score (nSPS) is 11.6. The van der Waals surface area contributed by atoms with Crippen LogP contribution in [0.25, 0.3) is 52.8 Å². The van der Waals surface area contributed by atoms with E-state index >= 15 is 0 Å². The Morgan fingerprint density at radius 3 is 2.00 bits per heavy atom. The molecule has 1 heterocycles. The van der Waals surface area contributed by atoms with E-state index in [4.69, 9.17) is 23.2 Å². The fraction of sp³-hybridized carbons (Fsp3) is 0. The number of benzene rings is 7. The number of thiophene rings is 1. The van der Waals surface area contributed by atoms with E-state index in [0.29, 0.717) is 10.0 Å². The van der Waals surface area contributed by atoms with Crippen LogP contribution in [0.3, 0.4) is 0 Å². The molecule has 0 aliphatic rings. The largest absolute Gasteiger partial charge is 0.309 e. The van der Waals surface area contributed by atoms with Crippen molar-refractivity contribution >= 4 is 93.3 Å². The molecule has 200 valence electrons. The third-order valence-corrected chi connectivity index (χ3v) is 9.50. The first-order valence-corrected chi connectivity index (χ1v) is 15.4. The van der Waals surface area contributed by atoms with E-state index in [0.717, 1.165) is 39.0 Å². The molecule has 1 nitrogen and oxygen atoms in total. The lowest BCUT2D eigenvalue weighted by Gasteiger charge is -2.28. The van der Waals surface area contributed by atoms with Crippen LogP contribution in [0, 0.1) is 0 Å². The molecule has 0 N–H and O–H groups in total. The highest BCUT2D eigenvalue weighted by atomic mass is 35.5. The van der Waals surface area contributed by atoms with E-state index in [-0.39, 0.29) is 0 Å². The van der Waals surface area contributed by atoms with Gasteiger partial charge in [0, 0.05) is 41.3 Å². The van der Waals surface area contributed by atoms with Crippen molar-refractivity contribution in [2.75, 3.05) is 4.90 Å². The van der Waals surface area contributed by atoms with Crippen LogP contribution in [0.15, 0.2) is 140 Å². The Hall–Kier alpha value is -4.34. The third-order valence-electron chi connectivity index (χ3n) is 7.93. The number of hydrogen-bond acceptors (Lipinski definition) is 2. The van der Waals surface area contributed by atoms with Crippen LogP contribution in [0.5, 0.6) is 0 Å². The molecule has 0 aliphatic heterocycles. The van der Waals surface area contributed by atoms with Gasteiger partial charge >= 0.3 is 0 Å². The monoisotopic (exact) mass is 595 g/mol. The number of fused-ring (bicyclic) bond motifs is 5. The molecule has 0 spiro atoms. The molecule has 0 radical (unpaired) electrons. The molecule has 0 aliphatic carbocycles. The summed E-state index contributed by atoms with van der Waals surface area (Å²) < 4.78 is 2.56. The molecule has 0 bridgehead atoms. The van der Waals surface area contributed by atoms with E-state index in [1.54, 1.807) is 6.07 Å². The fourth-order valence-electron chi connectivity index (χ4n) is 6.11. The fourth-order valence-corrected chi connectivity index (χ4v) is 7.76. The number of rotatable bonds is 4. The van der Waals surface area contributed by atoms with Gasteiger partial charge in [0.25, 0.3) is 0 Å². The molecule has 0 saturated carbocycles. The van der Waals surface area contributed by atoms with Gasteiger partial charge in [-0.1, -0.05) is 108 Å². The Morgan fingerprint density at radius 1 is 0.476 bits per heavy atom. The van der Waals surface area contributed by atoms with Gasteiger partial charge in [0.2, 0.25) is 0 Å². The summed E-state index contributed by atoms with van der Waals surface area (Å²) in [6.07, 6.45) is 0. The van der Waals surface area contributed by atoms with Crippen LogP contribution >= 0.6 is 34.5 Å². The summed E-state index contributed by atoms with van der Waals surface area (Å²) in [5, 5.41) is 8.50. The van der Waals surface area contributed by atoms with Crippen molar-refractivity contribution in [3.63, 3.8) is 0 Å². The second-order valence-corrected chi connectivity index (χ2v) is 12.4. The molecule has 4 heteroatoms. The Bertz CT molecular complexity index is 2280. The maximum absolute atomic E-state index is 6.44. The van der Waals surface area contributed by atoms with E-state index in [2.05, 4.69) is 126 Å². The third kappa shape index (κ3) is 4.23. The Balaban J connectivity index is 1.45. The van der Waals surface area contributed by atoms with Gasteiger partial charge < -0.3 is 4.90 Å². The standard InChI is InChI=1S/C38H23Cl2NS/c39-27-20-26(21-28(40)23-27)30-18-19-34(32-11-4-3-10-31(30)32)41(29-17-16-24-8-1-2-9-25(24)22-29)35-13-7-15-37-38(35)33-12-5-6-14-36(33)42-37/h1-23H. The zero-order valence-electron chi connectivity index (χ0n) is 22.4. The topological polar surface area (TPSA) is 3.24 Å². The second kappa shape index (κ2) is 10.2. The highest BCUT2D eigenvalue weighted by Gasteiger charge is 2.21. The number of nitrogens with zero attached hydrogens (tertiary/aromatic N) is 1. The quantitative estimate of drug-likeness (QED) is 0.195. The molecule has 8 aromatic rings. The zero-order valence-corrected chi connectivity index (χ0v) is 24.7. The van der Waals surface area contributed by atoms with Gasteiger partial charge in [-0.15, -0.1) is 11.3 Å². The number of anilines is 3. The SMILES string of the molecule is Clc1cc(Cl)cc(-c2ccc(N(c3ccc4ccccc4c3)c3cccc4sc5ccccc5c34)c3ccccc23)c1. The summed E-state index contributed by atoms with van der Waals surface area (Å²) in [6.45, 7) is 0. The summed E-state index contributed by atoms with van der Waals surface area (Å²) in [4.78, 5) is 2.42. The van der Waals surface area contributed by atoms with Crippen molar-refractivity contribution in [3.05, 3.63) is 150 Å². The van der Waals surface area contributed by atoms with Gasteiger partial charge in [-0.2, -0.15) is 0 Å². The minimum Gasteiger partial charge on any atom is -0.309 e. The molecule has 0 unspecified atom stereocenters. The molecule has 0 saturated heterocycles. The van der Waals surface area contributed by atoms with Crippen LogP contribution in [0.1, 0.15) is 0 Å². The van der Waals surface area contributed by atoms with Crippen LogP contribution in [0.2, 0.25) is 10.0 Å². The summed E-state index contributed by atoms with van der Waals surface area (Å²) >= 11 is 14.7. The number of halogens is 2. The number of hydrogen-bond donors (Lipinski definition) is 0. The van der Waals surface area contributed by atoms with Crippen LogP contribution in [-0.2, 0) is 0 Å². The lowest BCUT2D eigenvalue weighted by Crippen LogP contribution is -2.11. The van der Waals surface area contributed by atoms with Gasteiger partial charge in [-0.05, 0) is 81.9 Å².